The first-order chi connectivity index (χ1) is 5.50. The molecule has 0 unspecified atom stereocenters. The van der Waals surface area contributed by atoms with Crippen LogP contribution in [0.25, 0.3) is 0 Å². The first kappa shape index (κ1) is 14.2. The van der Waals surface area contributed by atoms with Crippen molar-refractivity contribution in [1.82, 2.24) is 0 Å². The lowest BCUT2D eigenvalue weighted by Gasteiger charge is -1.90. The second-order valence-corrected chi connectivity index (χ2v) is 3.92. The summed E-state index contributed by atoms with van der Waals surface area (Å²) < 4.78 is 0. The maximum Gasteiger partial charge on any atom is 0.0465 e. The maximum absolute atomic E-state index is 8.33. The van der Waals surface area contributed by atoms with Crippen molar-refractivity contribution in [2.24, 2.45) is 11.8 Å². The molecule has 0 atom stereocenters. The van der Waals surface area contributed by atoms with Gasteiger partial charge in [0.25, 0.3) is 0 Å². The fourth-order valence-electron chi connectivity index (χ4n) is 0.443. The van der Waals surface area contributed by atoms with Crippen LogP contribution in [0, 0.1) is 11.8 Å². The average molecular weight is 172 g/mol. The number of rotatable bonds is 3. The minimum atomic E-state index is 0.267. The molecule has 12 heavy (non-hydrogen) atoms. The molecule has 0 aromatic carbocycles. The number of allylic oxidation sites excluding steroid dienone is 1. The van der Waals surface area contributed by atoms with Crippen LogP contribution in [0.3, 0.4) is 0 Å². The van der Waals surface area contributed by atoms with Crippen LogP contribution in [0.2, 0.25) is 0 Å². The molecule has 0 spiro atoms. The van der Waals surface area contributed by atoms with Gasteiger partial charge in [-0.1, -0.05) is 46.8 Å². The molecule has 1 nitrogen and oxygen atoms in total. The highest BCUT2D eigenvalue weighted by molar-refractivity contribution is 4.83. The second kappa shape index (κ2) is 10.7. The Balaban J connectivity index is 0. The molecule has 0 aromatic heterocycles. The topological polar surface area (TPSA) is 20.2 Å². The van der Waals surface area contributed by atoms with Crippen molar-refractivity contribution in [2.45, 2.75) is 41.0 Å². The summed E-state index contributed by atoms with van der Waals surface area (Å²) >= 11 is 0. The number of hydrogen-bond donors (Lipinski definition) is 1. The Morgan fingerprint density at radius 2 is 1.50 bits per heavy atom. The third-order valence-corrected chi connectivity index (χ3v) is 0.817. The van der Waals surface area contributed by atoms with Crippen molar-refractivity contribution in [2.75, 3.05) is 6.61 Å². The number of hydrogen-bond acceptors (Lipinski definition) is 1. The van der Waals surface area contributed by atoms with Crippen LogP contribution in [-0.2, 0) is 0 Å². The van der Waals surface area contributed by atoms with Gasteiger partial charge in [0.2, 0.25) is 0 Å². The smallest absolute Gasteiger partial charge is 0.0465 e. The molecular weight excluding hydrogens is 148 g/mol. The predicted molar refractivity (Wildman–Crippen MR) is 56.2 cm³/mol. The van der Waals surface area contributed by atoms with E-state index >= 15 is 0 Å². The Bertz CT molecular complexity index is 90.4. The van der Waals surface area contributed by atoms with E-state index in [0.717, 1.165) is 12.3 Å². The molecule has 0 amide bonds. The molecule has 0 heterocycles. The van der Waals surface area contributed by atoms with Crippen LogP contribution in [0.15, 0.2) is 12.2 Å². The Kier molecular flexibility index (Phi) is 12.7. The molecule has 0 saturated heterocycles. The molecule has 0 saturated carbocycles. The molecule has 1 N–H and O–H groups in total. The van der Waals surface area contributed by atoms with Gasteiger partial charge < -0.3 is 5.11 Å². The van der Waals surface area contributed by atoms with Gasteiger partial charge in [-0.3, -0.25) is 0 Å². The largest absolute Gasteiger partial charge is 0.396 e. The van der Waals surface area contributed by atoms with E-state index in [9.17, 15) is 0 Å². The minimum Gasteiger partial charge on any atom is -0.396 e. The lowest BCUT2D eigenvalue weighted by molar-refractivity contribution is 0.302. The van der Waals surface area contributed by atoms with Gasteiger partial charge in [0.05, 0.1) is 0 Å². The monoisotopic (exact) mass is 172 g/mol. The maximum atomic E-state index is 8.33. The zero-order chi connectivity index (χ0) is 9.98. The van der Waals surface area contributed by atoms with Crippen molar-refractivity contribution in [3.8, 4) is 0 Å². The Labute approximate surface area is 77.5 Å². The molecular formula is C11H24O. The first-order valence-corrected chi connectivity index (χ1v) is 4.78. The molecule has 0 aliphatic heterocycles. The normalized spacial score (nSPS) is 10.7. The highest BCUT2D eigenvalue weighted by atomic mass is 16.2. The quantitative estimate of drug-likeness (QED) is 0.648. The van der Waals surface area contributed by atoms with Gasteiger partial charge in [-0.05, 0) is 18.3 Å². The minimum absolute atomic E-state index is 0.267. The third-order valence-electron chi connectivity index (χ3n) is 0.817. The van der Waals surface area contributed by atoms with E-state index in [1.165, 1.54) is 0 Å². The van der Waals surface area contributed by atoms with Crippen LogP contribution in [0.5, 0.6) is 0 Å². The summed E-state index contributed by atoms with van der Waals surface area (Å²) in [4.78, 5) is 0. The summed E-state index contributed by atoms with van der Waals surface area (Å²) in [5.41, 5.74) is 0. The zero-order valence-corrected chi connectivity index (χ0v) is 9.17. The molecule has 74 valence electrons. The molecule has 0 aliphatic rings. The van der Waals surface area contributed by atoms with E-state index in [-0.39, 0.29) is 6.61 Å². The third kappa shape index (κ3) is 33.2. The molecule has 1 heteroatoms. The van der Waals surface area contributed by atoms with Crippen LogP contribution < -0.4 is 0 Å². The van der Waals surface area contributed by atoms with E-state index in [0.29, 0.717) is 5.92 Å². The van der Waals surface area contributed by atoms with Gasteiger partial charge in [-0.25, -0.2) is 0 Å². The predicted octanol–water partition coefficient (Wildman–Crippen LogP) is 3.24. The molecule has 0 rings (SSSR count). The Morgan fingerprint density at radius 1 is 1.08 bits per heavy atom. The molecule has 0 aliphatic carbocycles. The fourth-order valence-corrected chi connectivity index (χ4v) is 0.443. The Hall–Kier alpha value is -0.300. The summed E-state index contributed by atoms with van der Waals surface area (Å²) in [6.45, 7) is 11.0. The standard InChI is InChI=1S/C7H14O.C4H10/c1-7(2)5-3-4-6-8;1-4(2)3/h3,5,7-8H,4,6H2,1-2H3;4H,1-3H3/b5-3+;. The SMILES string of the molecule is CC(C)/C=C/CCO.CC(C)C. The van der Waals surface area contributed by atoms with E-state index in [1.807, 2.05) is 6.08 Å². The summed E-state index contributed by atoms with van der Waals surface area (Å²) in [5.74, 6) is 1.45. The van der Waals surface area contributed by atoms with Gasteiger partial charge in [-0.15, -0.1) is 0 Å². The number of aliphatic hydroxyl groups is 1. The van der Waals surface area contributed by atoms with Crippen LogP contribution >= 0.6 is 0 Å². The van der Waals surface area contributed by atoms with Gasteiger partial charge in [-0.2, -0.15) is 0 Å². The second-order valence-electron chi connectivity index (χ2n) is 3.92. The van der Waals surface area contributed by atoms with Crippen LogP contribution in [-0.4, -0.2) is 11.7 Å². The molecule has 0 bridgehead atoms. The van der Waals surface area contributed by atoms with Crippen molar-refractivity contribution >= 4 is 0 Å². The van der Waals surface area contributed by atoms with Gasteiger partial charge >= 0.3 is 0 Å². The van der Waals surface area contributed by atoms with Crippen LogP contribution in [0.1, 0.15) is 41.0 Å². The van der Waals surface area contributed by atoms with E-state index in [1.54, 1.807) is 0 Å². The van der Waals surface area contributed by atoms with E-state index in [4.69, 9.17) is 5.11 Å². The lowest BCUT2D eigenvalue weighted by atomic mass is 10.2. The highest BCUT2D eigenvalue weighted by Crippen LogP contribution is 1.93. The van der Waals surface area contributed by atoms with Gasteiger partial charge in [0, 0.05) is 6.61 Å². The zero-order valence-electron chi connectivity index (χ0n) is 9.17. The summed E-state index contributed by atoms with van der Waals surface area (Å²) in [5, 5.41) is 8.33. The van der Waals surface area contributed by atoms with E-state index < -0.39 is 0 Å². The first-order valence-electron chi connectivity index (χ1n) is 4.78. The van der Waals surface area contributed by atoms with E-state index in [2.05, 4.69) is 40.7 Å². The van der Waals surface area contributed by atoms with Gasteiger partial charge in [0.1, 0.15) is 0 Å². The van der Waals surface area contributed by atoms with Crippen molar-refractivity contribution < 1.29 is 5.11 Å². The average Bonchev–Trinajstić information content (AvgIpc) is 1.86. The Morgan fingerprint density at radius 3 is 1.75 bits per heavy atom. The van der Waals surface area contributed by atoms with Crippen molar-refractivity contribution in [1.29, 1.82) is 0 Å². The number of aliphatic hydroxyl groups excluding tert-OH is 1. The molecule has 0 fully saturated rings. The lowest BCUT2D eigenvalue weighted by Crippen LogP contribution is -1.79. The summed E-state index contributed by atoms with van der Waals surface area (Å²) in [6, 6.07) is 0. The molecule has 0 radical (unpaired) electrons. The fraction of sp³-hybridized carbons (Fsp3) is 0.818. The van der Waals surface area contributed by atoms with Crippen molar-refractivity contribution in [3.05, 3.63) is 12.2 Å². The summed E-state index contributed by atoms with van der Waals surface area (Å²) in [7, 11) is 0. The highest BCUT2D eigenvalue weighted by Gasteiger charge is 1.80. The van der Waals surface area contributed by atoms with Crippen LogP contribution in [0.4, 0.5) is 0 Å². The van der Waals surface area contributed by atoms with Crippen molar-refractivity contribution in [3.63, 3.8) is 0 Å². The summed E-state index contributed by atoms with van der Waals surface area (Å²) in [6.07, 6.45) is 4.89. The molecule has 0 aromatic rings. The van der Waals surface area contributed by atoms with Gasteiger partial charge in [0.15, 0.2) is 0 Å².